The van der Waals surface area contributed by atoms with Gasteiger partial charge in [-0.05, 0) is 26.9 Å². The number of likely N-dealkylation sites (N-methyl/N-ethyl adjacent to an activating group) is 1. The first-order valence-electron chi connectivity index (χ1n) is 7.33. The van der Waals surface area contributed by atoms with Crippen LogP contribution < -0.4 is 0 Å². The summed E-state index contributed by atoms with van der Waals surface area (Å²) in [6.45, 7) is 4.48. The van der Waals surface area contributed by atoms with Gasteiger partial charge in [-0.2, -0.15) is 0 Å². The Morgan fingerprint density at radius 1 is 1.24 bits per heavy atom. The number of hydrogen-bond donors (Lipinski definition) is 0. The Morgan fingerprint density at radius 2 is 1.95 bits per heavy atom. The summed E-state index contributed by atoms with van der Waals surface area (Å²) in [7, 11) is 4.16. The predicted molar refractivity (Wildman–Crippen MR) is 87.1 cm³/mol. The zero-order valence-corrected chi connectivity index (χ0v) is 14.2. The first-order chi connectivity index (χ1) is 10.1. The minimum Gasteiger partial charge on any atom is -0.377 e. The van der Waals surface area contributed by atoms with Gasteiger partial charge in [0.2, 0.25) is 0 Å². The lowest BCUT2D eigenvalue weighted by atomic mass is 10.2. The van der Waals surface area contributed by atoms with Gasteiger partial charge in [-0.15, -0.1) is 0 Å². The Labute approximate surface area is 137 Å². The van der Waals surface area contributed by atoms with Gasteiger partial charge in [0.1, 0.15) is 0 Å². The number of ether oxygens (including phenoxy) is 1. The van der Waals surface area contributed by atoms with Gasteiger partial charge in [-0.25, -0.2) is 0 Å². The Kier molecular flexibility index (Phi) is 6.71. The highest BCUT2D eigenvalue weighted by Crippen LogP contribution is 2.25. The van der Waals surface area contributed by atoms with Crippen LogP contribution in [0.5, 0.6) is 0 Å². The molecule has 1 aromatic rings. The number of aromatic nitrogens is 1. The molecule has 0 radical (unpaired) electrons. The van der Waals surface area contributed by atoms with E-state index in [1.54, 1.807) is 12.4 Å². The van der Waals surface area contributed by atoms with Crippen molar-refractivity contribution in [3.63, 3.8) is 0 Å². The number of hydrogen-bond acceptors (Lipinski definition) is 4. The summed E-state index contributed by atoms with van der Waals surface area (Å²) < 4.78 is 5.75. The van der Waals surface area contributed by atoms with E-state index in [0.29, 0.717) is 16.1 Å². The maximum Gasteiger partial charge on any atom is 0.0702 e. The summed E-state index contributed by atoms with van der Waals surface area (Å²) >= 11 is 12.5. The van der Waals surface area contributed by atoms with Gasteiger partial charge in [0.15, 0.2) is 0 Å². The first-order valence-corrected chi connectivity index (χ1v) is 8.08. The Morgan fingerprint density at radius 3 is 2.52 bits per heavy atom. The van der Waals surface area contributed by atoms with E-state index in [-0.39, 0.29) is 0 Å². The molecule has 118 valence electrons. The molecule has 1 aliphatic rings. The van der Waals surface area contributed by atoms with Crippen LogP contribution in [0, 0.1) is 0 Å². The lowest BCUT2D eigenvalue weighted by Crippen LogP contribution is -2.36. The van der Waals surface area contributed by atoms with Gasteiger partial charge >= 0.3 is 0 Å². The summed E-state index contributed by atoms with van der Waals surface area (Å²) in [5.41, 5.74) is 0.949. The Bertz CT molecular complexity index is 430. The summed E-state index contributed by atoms with van der Waals surface area (Å²) in [4.78, 5) is 8.56. The Hall–Kier alpha value is -0.390. The minimum atomic E-state index is 0.326. The number of rotatable bonds is 7. The van der Waals surface area contributed by atoms with Crippen LogP contribution in [-0.4, -0.2) is 61.2 Å². The molecule has 4 nitrogen and oxygen atoms in total. The van der Waals surface area contributed by atoms with Crippen LogP contribution in [0.4, 0.5) is 0 Å². The standard InChI is InChI=1S/C15H23Cl2N3O/c1-19(2)5-6-20(10-12-4-3-7-21-12)11-13-14(16)8-18-9-15(13)17/h8-9,12H,3-7,10-11H2,1-2H3. The fourth-order valence-electron chi connectivity index (χ4n) is 2.47. The van der Waals surface area contributed by atoms with Gasteiger partial charge in [0.25, 0.3) is 0 Å². The van der Waals surface area contributed by atoms with Crippen molar-refractivity contribution in [3.8, 4) is 0 Å². The Balaban J connectivity index is 2.03. The molecule has 0 aromatic carbocycles. The van der Waals surface area contributed by atoms with Crippen molar-refractivity contribution in [1.82, 2.24) is 14.8 Å². The molecular weight excluding hydrogens is 309 g/mol. The van der Waals surface area contributed by atoms with E-state index >= 15 is 0 Å². The third-order valence-corrected chi connectivity index (χ3v) is 4.33. The highest BCUT2D eigenvalue weighted by atomic mass is 35.5. The highest BCUT2D eigenvalue weighted by Gasteiger charge is 2.20. The number of nitrogens with zero attached hydrogens (tertiary/aromatic N) is 3. The van der Waals surface area contributed by atoms with Gasteiger partial charge in [0.05, 0.1) is 16.1 Å². The van der Waals surface area contributed by atoms with Crippen molar-refractivity contribution < 1.29 is 4.74 Å². The molecular formula is C15H23Cl2N3O. The van der Waals surface area contributed by atoms with E-state index in [2.05, 4.69) is 28.9 Å². The topological polar surface area (TPSA) is 28.6 Å². The zero-order valence-electron chi connectivity index (χ0n) is 12.7. The molecule has 1 atom stereocenters. The van der Waals surface area contributed by atoms with E-state index in [4.69, 9.17) is 27.9 Å². The number of pyridine rings is 1. The molecule has 1 saturated heterocycles. The smallest absolute Gasteiger partial charge is 0.0702 e. The van der Waals surface area contributed by atoms with Crippen LogP contribution in [0.2, 0.25) is 10.0 Å². The van der Waals surface area contributed by atoms with E-state index < -0.39 is 0 Å². The van der Waals surface area contributed by atoms with Crippen LogP contribution in [0.3, 0.4) is 0 Å². The van der Waals surface area contributed by atoms with Crippen molar-refractivity contribution in [3.05, 3.63) is 28.0 Å². The summed E-state index contributed by atoms with van der Waals surface area (Å²) in [5, 5.41) is 1.26. The van der Waals surface area contributed by atoms with Crippen molar-refractivity contribution >= 4 is 23.2 Å². The summed E-state index contributed by atoms with van der Waals surface area (Å²) in [6.07, 6.45) is 5.92. The van der Waals surface area contributed by atoms with Gasteiger partial charge in [-0.3, -0.25) is 9.88 Å². The molecule has 0 aliphatic carbocycles. The van der Waals surface area contributed by atoms with Gasteiger partial charge in [-0.1, -0.05) is 23.2 Å². The van der Waals surface area contributed by atoms with E-state index in [1.165, 1.54) is 0 Å². The van der Waals surface area contributed by atoms with Crippen LogP contribution in [-0.2, 0) is 11.3 Å². The molecule has 0 saturated carbocycles. The van der Waals surface area contributed by atoms with E-state index in [0.717, 1.165) is 51.2 Å². The predicted octanol–water partition coefficient (Wildman–Crippen LogP) is 2.93. The quantitative estimate of drug-likeness (QED) is 0.768. The maximum atomic E-state index is 6.24. The fourth-order valence-corrected chi connectivity index (χ4v) is 2.95. The van der Waals surface area contributed by atoms with Gasteiger partial charge in [0, 0.05) is 50.7 Å². The first kappa shape index (κ1) is 17.0. The molecule has 1 aliphatic heterocycles. The van der Waals surface area contributed by atoms with E-state index in [1.807, 2.05) is 0 Å². The molecule has 1 unspecified atom stereocenters. The SMILES string of the molecule is CN(C)CCN(Cc1c(Cl)cncc1Cl)CC1CCCO1. The van der Waals surface area contributed by atoms with E-state index in [9.17, 15) is 0 Å². The van der Waals surface area contributed by atoms with Gasteiger partial charge < -0.3 is 9.64 Å². The maximum absolute atomic E-state index is 6.24. The zero-order chi connectivity index (χ0) is 15.2. The second kappa shape index (κ2) is 8.30. The number of halogens is 2. The molecule has 0 amide bonds. The highest BCUT2D eigenvalue weighted by molar-refractivity contribution is 6.35. The second-order valence-corrected chi connectivity index (χ2v) is 6.57. The average molecular weight is 332 g/mol. The fraction of sp³-hybridized carbons (Fsp3) is 0.667. The van der Waals surface area contributed by atoms with Crippen molar-refractivity contribution in [2.45, 2.75) is 25.5 Å². The van der Waals surface area contributed by atoms with Crippen LogP contribution in [0.15, 0.2) is 12.4 Å². The van der Waals surface area contributed by atoms with Crippen molar-refractivity contribution in [2.75, 3.05) is 40.3 Å². The molecule has 0 N–H and O–H groups in total. The average Bonchev–Trinajstić information content (AvgIpc) is 2.93. The van der Waals surface area contributed by atoms with Crippen LogP contribution >= 0.6 is 23.2 Å². The van der Waals surface area contributed by atoms with Crippen molar-refractivity contribution in [2.24, 2.45) is 0 Å². The molecule has 2 rings (SSSR count). The lowest BCUT2D eigenvalue weighted by Gasteiger charge is -2.27. The lowest BCUT2D eigenvalue weighted by molar-refractivity contribution is 0.0683. The monoisotopic (exact) mass is 331 g/mol. The molecule has 6 heteroatoms. The molecule has 1 aromatic heterocycles. The third-order valence-electron chi connectivity index (χ3n) is 3.68. The molecule has 0 spiro atoms. The second-order valence-electron chi connectivity index (χ2n) is 5.76. The normalized spacial score (nSPS) is 18.9. The van der Waals surface area contributed by atoms with Crippen molar-refractivity contribution in [1.29, 1.82) is 0 Å². The molecule has 21 heavy (non-hydrogen) atoms. The molecule has 0 bridgehead atoms. The largest absolute Gasteiger partial charge is 0.377 e. The third kappa shape index (κ3) is 5.38. The summed E-state index contributed by atoms with van der Waals surface area (Å²) in [6, 6.07) is 0. The van der Waals surface area contributed by atoms with Crippen LogP contribution in [0.25, 0.3) is 0 Å². The molecule has 2 heterocycles. The van der Waals surface area contributed by atoms with Crippen LogP contribution in [0.1, 0.15) is 18.4 Å². The summed E-state index contributed by atoms with van der Waals surface area (Å²) in [5.74, 6) is 0. The minimum absolute atomic E-state index is 0.326. The molecule has 1 fully saturated rings.